The fourth-order valence-electron chi connectivity index (χ4n) is 2.31. The van der Waals surface area contributed by atoms with Crippen molar-refractivity contribution in [2.75, 3.05) is 0 Å². The van der Waals surface area contributed by atoms with E-state index < -0.39 is 17.7 Å². The lowest BCUT2D eigenvalue weighted by Gasteiger charge is -2.17. The van der Waals surface area contributed by atoms with E-state index >= 15 is 0 Å². The second kappa shape index (κ2) is 5.51. The number of nitrogens with two attached hydrogens (primary N) is 1. The van der Waals surface area contributed by atoms with E-state index in [0.717, 1.165) is 5.52 Å². The molecule has 108 valence electrons. The molecule has 0 bridgehead atoms. The Kier molecular flexibility index (Phi) is 3.71. The predicted molar refractivity (Wildman–Crippen MR) is 78.4 cm³/mol. The van der Waals surface area contributed by atoms with Crippen LogP contribution in [0.1, 0.15) is 17.2 Å². The Morgan fingerprint density at radius 2 is 2.05 bits per heavy atom. The molecule has 0 aliphatic carbocycles. The zero-order valence-electron chi connectivity index (χ0n) is 10.7. The summed E-state index contributed by atoms with van der Waals surface area (Å²) >= 11 is 3.06. The van der Waals surface area contributed by atoms with Crippen LogP contribution in [-0.4, -0.2) is 9.61 Å². The van der Waals surface area contributed by atoms with Crippen molar-refractivity contribution < 1.29 is 8.78 Å². The molecule has 0 aliphatic rings. The topological polar surface area (TPSA) is 55.3 Å². The van der Waals surface area contributed by atoms with Crippen LogP contribution in [0.4, 0.5) is 8.78 Å². The lowest BCUT2D eigenvalue weighted by Crippen LogP contribution is -2.30. The van der Waals surface area contributed by atoms with Gasteiger partial charge in [-0.15, -0.1) is 0 Å². The summed E-state index contributed by atoms with van der Waals surface area (Å²) in [6.45, 7) is 0. The first-order chi connectivity index (χ1) is 10.1. The minimum absolute atomic E-state index is 0.148. The minimum Gasteiger partial charge on any atom is -0.271 e. The van der Waals surface area contributed by atoms with Crippen molar-refractivity contribution in [1.82, 2.24) is 15.0 Å². The molecule has 2 heterocycles. The number of benzene rings is 1. The predicted octanol–water partition coefficient (Wildman–Crippen LogP) is 2.93. The van der Waals surface area contributed by atoms with Gasteiger partial charge >= 0.3 is 0 Å². The lowest BCUT2D eigenvalue weighted by molar-refractivity contribution is 0.508. The van der Waals surface area contributed by atoms with E-state index in [1.54, 1.807) is 23.0 Å². The summed E-state index contributed by atoms with van der Waals surface area (Å²) in [6.07, 6.45) is 3.29. The monoisotopic (exact) mass is 352 g/mol. The van der Waals surface area contributed by atoms with E-state index in [1.165, 1.54) is 12.1 Å². The zero-order valence-corrected chi connectivity index (χ0v) is 12.3. The Bertz CT molecular complexity index is 803. The Labute approximate surface area is 127 Å². The molecular formula is C14H11BrF2N4. The van der Waals surface area contributed by atoms with E-state index in [0.29, 0.717) is 5.56 Å². The molecule has 0 amide bonds. The van der Waals surface area contributed by atoms with E-state index in [1.807, 2.05) is 12.1 Å². The van der Waals surface area contributed by atoms with Crippen LogP contribution in [0, 0.1) is 11.6 Å². The van der Waals surface area contributed by atoms with Gasteiger partial charge in [-0.2, -0.15) is 5.10 Å². The number of nitrogens with one attached hydrogen (secondary N) is 1. The van der Waals surface area contributed by atoms with Crippen molar-refractivity contribution in [2.24, 2.45) is 5.84 Å². The molecule has 0 spiro atoms. The standard InChI is InChI=1S/C14H11BrF2N4/c15-9-4-5-10(16)12(13(9)17)14(20-18)8-7-19-21-6-2-1-3-11(8)21/h1-7,14,20H,18H2. The first kappa shape index (κ1) is 14.1. The van der Waals surface area contributed by atoms with Crippen molar-refractivity contribution in [3.63, 3.8) is 0 Å². The molecule has 21 heavy (non-hydrogen) atoms. The van der Waals surface area contributed by atoms with Crippen molar-refractivity contribution >= 4 is 21.4 Å². The summed E-state index contributed by atoms with van der Waals surface area (Å²) < 4.78 is 30.2. The van der Waals surface area contributed by atoms with Crippen molar-refractivity contribution in [3.8, 4) is 0 Å². The Morgan fingerprint density at radius 3 is 2.81 bits per heavy atom. The second-order valence-electron chi connectivity index (χ2n) is 4.49. The third-order valence-corrected chi connectivity index (χ3v) is 3.91. The third kappa shape index (κ3) is 2.33. The molecule has 0 saturated carbocycles. The smallest absolute Gasteiger partial charge is 0.145 e. The number of hydrogen-bond donors (Lipinski definition) is 2. The molecule has 0 fully saturated rings. The van der Waals surface area contributed by atoms with Gasteiger partial charge < -0.3 is 0 Å². The highest BCUT2D eigenvalue weighted by atomic mass is 79.9. The normalized spacial score (nSPS) is 12.8. The Morgan fingerprint density at radius 1 is 1.24 bits per heavy atom. The summed E-state index contributed by atoms with van der Waals surface area (Å²) in [5.74, 6) is 4.18. The van der Waals surface area contributed by atoms with Crippen LogP contribution in [-0.2, 0) is 0 Å². The van der Waals surface area contributed by atoms with Crippen molar-refractivity contribution in [3.05, 3.63) is 70.0 Å². The summed E-state index contributed by atoms with van der Waals surface area (Å²) in [4.78, 5) is 0. The van der Waals surface area contributed by atoms with Gasteiger partial charge in [-0.3, -0.25) is 5.84 Å². The average Bonchev–Trinajstić information content (AvgIpc) is 2.91. The van der Waals surface area contributed by atoms with Crippen LogP contribution in [0.3, 0.4) is 0 Å². The van der Waals surface area contributed by atoms with E-state index in [4.69, 9.17) is 5.84 Å². The van der Waals surface area contributed by atoms with Crippen LogP contribution >= 0.6 is 15.9 Å². The molecule has 0 saturated heterocycles. The fourth-order valence-corrected chi connectivity index (χ4v) is 2.66. The molecule has 1 unspecified atom stereocenters. The Balaban J connectivity index is 2.22. The van der Waals surface area contributed by atoms with Crippen LogP contribution in [0.2, 0.25) is 0 Å². The van der Waals surface area contributed by atoms with Gasteiger partial charge in [0.2, 0.25) is 0 Å². The number of halogens is 3. The van der Waals surface area contributed by atoms with Gasteiger partial charge in [0.05, 0.1) is 22.2 Å². The summed E-state index contributed by atoms with van der Waals surface area (Å²) in [5.41, 5.74) is 3.63. The second-order valence-corrected chi connectivity index (χ2v) is 5.34. The number of pyridine rings is 1. The van der Waals surface area contributed by atoms with Gasteiger partial charge in [-0.25, -0.2) is 18.7 Å². The zero-order chi connectivity index (χ0) is 15.0. The van der Waals surface area contributed by atoms with E-state index in [2.05, 4.69) is 26.5 Å². The molecule has 1 aromatic carbocycles. The number of hydrogen-bond acceptors (Lipinski definition) is 3. The summed E-state index contributed by atoms with van der Waals surface area (Å²) in [7, 11) is 0. The van der Waals surface area contributed by atoms with Crippen molar-refractivity contribution in [2.45, 2.75) is 6.04 Å². The molecule has 3 N–H and O–H groups in total. The first-order valence-corrected chi connectivity index (χ1v) is 6.94. The maximum Gasteiger partial charge on any atom is 0.145 e. The van der Waals surface area contributed by atoms with Crippen molar-refractivity contribution in [1.29, 1.82) is 0 Å². The van der Waals surface area contributed by atoms with Gasteiger partial charge in [0.1, 0.15) is 11.6 Å². The van der Waals surface area contributed by atoms with E-state index in [9.17, 15) is 8.78 Å². The molecule has 1 atom stereocenters. The highest BCUT2D eigenvalue weighted by Crippen LogP contribution is 2.32. The molecular weight excluding hydrogens is 342 g/mol. The third-order valence-electron chi connectivity index (χ3n) is 3.30. The van der Waals surface area contributed by atoms with Crippen LogP contribution in [0.25, 0.3) is 5.52 Å². The number of fused-ring (bicyclic) bond motifs is 1. The summed E-state index contributed by atoms with van der Waals surface area (Å²) in [6, 6.07) is 7.11. The van der Waals surface area contributed by atoms with Gasteiger partial charge in [0, 0.05) is 17.3 Å². The summed E-state index contributed by atoms with van der Waals surface area (Å²) in [5, 5.41) is 4.16. The lowest BCUT2D eigenvalue weighted by atomic mass is 9.99. The number of hydrazine groups is 1. The number of nitrogens with zero attached hydrogens (tertiary/aromatic N) is 2. The SMILES string of the molecule is NNC(c1c(F)ccc(Br)c1F)c1cnn2ccccc12. The number of aromatic nitrogens is 2. The maximum atomic E-state index is 14.3. The van der Waals surface area contributed by atoms with E-state index in [-0.39, 0.29) is 10.0 Å². The van der Waals surface area contributed by atoms with Gasteiger partial charge in [-0.05, 0) is 40.2 Å². The Hall–Kier alpha value is -1.83. The minimum atomic E-state index is -0.845. The highest BCUT2D eigenvalue weighted by Gasteiger charge is 2.25. The molecule has 4 nitrogen and oxygen atoms in total. The van der Waals surface area contributed by atoms with Gasteiger partial charge in [0.25, 0.3) is 0 Å². The molecule has 3 rings (SSSR count). The van der Waals surface area contributed by atoms with Gasteiger partial charge in [-0.1, -0.05) is 6.07 Å². The highest BCUT2D eigenvalue weighted by molar-refractivity contribution is 9.10. The maximum absolute atomic E-state index is 14.3. The van der Waals surface area contributed by atoms with Crippen LogP contribution in [0.15, 0.2) is 47.2 Å². The largest absolute Gasteiger partial charge is 0.271 e. The molecule has 0 aliphatic heterocycles. The average molecular weight is 353 g/mol. The first-order valence-electron chi connectivity index (χ1n) is 6.15. The quantitative estimate of drug-likeness (QED) is 0.433. The van der Waals surface area contributed by atoms with Gasteiger partial charge in [0.15, 0.2) is 0 Å². The molecule has 0 radical (unpaired) electrons. The molecule has 2 aromatic heterocycles. The molecule has 7 heteroatoms. The van der Waals surface area contributed by atoms with Crippen LogP contribution < -0.4 is 11.3 Å². The fraction of sp³-hybridized carbons (Fsp3) is 0.0714. The number of rotatable bonds is 3. The van der Waals surface area contributed by atoms with Crippen LogP contribution in [0.5, 0.6) is 0 Å². The molecule has 3 aromatic rings.